The molecule has 0 fully saturated rings. The molecule has 0 bridgehead atoms. The van der Waals surface area contributed by atoms with Gasteiger partial charge in [0.15, 0.2) is 0 Å². The third-order valence-electron chi connectivity index (χ3n) is 1.20. The van der Waals surface area contributed by atoms with Gasteiger partial charge in [0.25, 0.3) is 0 Å². The summed E-state index contributed by atoms with van der Waals surface area (Å²) in [4.78, 5) is 0. The van der Waals surface area contributed by atoms with Crippen molar-refractivity contribution in [2.45, 2.75) is 19.3 Å². The van der Waals surface area contributed by atoms with E-state index in [1.807, 2.05) is 13.8 Å². The van der Waals surface area contributed by atoms with Crippen LogP contribution < -0.4 is 5.32 Å². The average molecular weight is 185 g/mol. The Morgan fingerprint density at radius 3 is 2.58 bits per heavy atom. The molecule has 0 aromatic carbocycles. The maximum absolute atomic E-state index is 5.67. The lowest BCUT2D eigenvalue weighted by Crippen LogP contribution is -2.21. The van der Waals surface area contributed by atoms with Crippen molar-refractivity contribution in [2.75, 3.05) is 7.11 Å². The fourth-order valence-electron chi connectivity index (χ4n) is 0.703. The summed E-state index contributed by atoms with van der Waals surface area (Å²) in [5, 5.41) is 2.84. The molecule has 0 aliphatic carbocycles. The van der Waals surface area contributed by atoms with Crippen LogP contribution >= 0.6 is 11.6 Å². The van der Waals surface area contributed by atoms with Gasteiger partial charge in [-0.3, -0.25) is 0 Å². The van der Waals surface area contributed by atoms with Crippen molar-refractivity contribution in [2.24, 2.45) is 0 Å². The molecule has 0 saturated carbocycles. The fraction of sp³-hybridized carbons (Fsp3) is 0.500. The van der Waals surface area contributed by atoms with E-state index >= 15 is 0 Å². The Balaban J connectivity index is 0.000000561. The lowest BCUT2D eigenvalue weighted by Gasteiger charge is -2.16. The highest BCUT2D eigenvalue weighted by Gasteiger charge is 2.07. The van der Waals surface area contributed by atoms with Gasteiger partial charge in [0.05, 0.1) is 7.11 Å². The number of allylic oxidation sites excluding steroid dienone is 1. The molecule has 0 aromatic heterocycles. The second-order valence-electron chi connectivity index (χ2n) is 1.90. The SMILES string of the molecule is CC.[B]C1=CC(Cl)NC=C1OC. The fourth-order valence-corrected chi connectivity index (χ4v) is 0.902. The first-order chi connectivity index (χ1) is 5.74. The van der Waals surface area contributed by atoms with Gasteiger partial charge in [0, 0.05) is 6.20 Å². The van der Waals surface area contributed by atoms with E-state index in [9.17, 15) is 0 Å². The maximum Gasteiger partial charge on any atom is 0.127 e. The number of hydrogen-bond donors (Lipinski definition) is 1. The summed E-state index contributed by atoms with van der Waals surface area (Å²) in [6, 6.07) is 0. The number of nitrogens with one attached hydrogen (secondary N) is 1. The summed E-state index contributed by atoms with van der Waals surface area (Å²) >= 11 is 5.67. The van der Waals surface area contributed by atoms with Crippen LogP contribution in [0, 0.1) is 0 Å². The van der Waals surface area contributed by atoms with Crippen LogP contribution in [-0.4, -0.2) is 20.5 Å². The normalized spacial score (nSPS) is 20.8. The maximum atomic E-state index is 5.67. The van der Waals surface area contributed by atoms with Crippen LogP contribution in [0.3, 0.4) is 0 Å². The third-order valence-corrected chi connectivity index (χ3v) is 1.46. The Kier molecular flexibility index (Phi) is 5.72. The molecule has 0 aromatic rings. The molecule has 66 valence electrons. The highest BCUT2D eigenvalue weighted by molar-refractivity contribution is 6.27. The first-order valence-electron chi connectivity index (χ1n) is 3.86. The van der Waals surface area contributed by atoms with Crippen LogP contribution in [0.4, 0.5) is 0 Å². The molecule has 4 heteroatoms. The molecule has 0 amide bonds. The molecule has 2 nitrogen and oxygen atoms in total. The van der Waals surface area contributed by atoms with Gasteiger partial charge in [0.1, 0.15) is 19.1 Å². The second-order valence-corrected chi connectivity index (χ2v) is 2.37. The predicted octanol–water partition coefficient (Wildman–Crippen LogP) is 1.72. The quantitative estimate of drug-likeness (QED) is 0.382. The number of halogens is 1. The highest BCUT2D eigenvalue weighted by Crippen LogP contribution is 2.12. The molecule has 1 aliphatic heterocycles. The topological polar surface area (TPSA) is 21.3 Å². The Morgan fingerprint density at radius 2 is 2.17 bits per heavy atom. The van der Waals surface area contributed by atoms with Gasteiger partial charge in [-0.25, -0.2) is 0 Å². The van der Waals surface area contributed by atoms with Gasteiger partial charge in [0.2, 0.25) is 0 Å². The molecular formula is C8H13BClNO. The molecule has 0 spiro atoms. The lowest BCUT2D eigenvalue weighted by atomic mass is 9.92. The van der Waals surface area contributed by atoms with E-state index in [1.54, 1.807) is 19.4 Å². The Morgan fingerprint density at radius 1 is 1.58 bits per heavy atom. The second kappa shape index (κ2) is 6.01. The standard InChI is InChI=1S/C6H7BClNO.C2H6/c1-10-5-3-9-6(8)2-4(5)7;1-2/h2-3,6,9H,1H3;1-2H3. The monoisotopic (exact) mass is 185 g/mol. The number of methoxy groups -OCH3 is 1. The van der Waals surface area contributed by atoms with E-state index < -0.39 is 0 Å². The number of ether oxygens (including phenoxy) is 1. The van der Waals surface area contributed by atoms with Gasteiger partial charge in [-0.05, 0) is 0 Å². The van der Waals surface area contributed by atoms with E-state index in [0.29, 0.717) is 11.2 Å². The number of alkyl halides is 1. The minimum Gasteiger partial charge on any atom is -0.496 e. The Labute approximate surface area is 80.0 Å². The highest BCUT2D eigenvalue weighted by atomic mass is 35.5. The zero-order chi connectivity index (χ0) is 9.56. The molecule has 1 atom stereocenters. The average Bonchev–Trinajstić information content (AvgIpc) is 2.08. The number of dihydropyridines is 1. The molecule has 1 unspecified atom stereocenters. The summed E-state index contributed by atoms with van der Waals surface area (Å²) in [6.07, 6.45) is 3.33. The van der Waals surface area contributed by atoms with E-state index in [2.05, 4.69) is 5.32 Å². The summed E-state index contributed by atoms with van der Waals surface area (Å²) in [6.45, 7) is 4.00. The first-order valence-corrected chi connectivity index (χ1v) is 4.29. The smallest absolute Gasteiger partial charge is 0.127 e. The van der Waals surface area contributed by atoms with Crippen molar-refractivity contribution >= 4 is 19.4 Å². The lowest BCUT2D eigenvalue weighted by molar-refractivity contribution is 0.300. The molecule has 0 saturated heterocycles. The molecular weight excluding hydrogens is 172 g/mol. The van der Waals surface area contributed by atoms with Crippen LogP contribution in [0.1, 0.15) is 13.8 Å². The van der Waals surface area contributed by atoms with Gasteiger partial charge >= 0.3 is 0 Å². The minimum atomic E-state index is -0.223. The zero-order valence-corrected chi connectivity index (χ0v) is 8.35. The van der Waals surface area contributed by atoms with Gasteiger partial charge in [-0.15, -0.1) is 0 Å². The van der Waals surface area contributed by atoms with Crippen LogP contribution in [-0.2, 0) is 4.74 Å². The minimum absolute atomic E-state index is 0.223. The zero-order valence-electron chi connectivity index (χ0n) is 7.60. The van der Waals surface area contributed by atoms with Crippen molar-refractivity contribution in [3.63, 3.8) is 0 Å². The predicted molar refractivity (Wildman–Crippen MR) is 53.1 cm³/mol. The first kappa shape index (κ1) is 11.4. The van der Waals surface area contributed by atoms with Crippen LogP contribution in [0.15, 0.2) is 23.5 Å². The summed E-state index contributed by atoms with van der Waals surface area (Å²) in [5.41, 5.74) is 0.347. The van der Waals surface area contributed by atoms with Gasteiger partial charge in [-0.1, -0.05) is 37.0 Å². The summed E-state index contributed by atoms with van der Waals surface area (Å²) in [7, 11) is 7.08. The van der Waals surface area contributed by atoms with Gasteiger partial charge < -0.3 is 10.1 Å². The van der Waals surface area contributed by atoms with E-state index in [1.165, 1.54) is 0 Å². The van der Waals surface area contributed by atoms with E-state index in [0.717, 1.165) is 0 Å². The van der Waals surface area contributed by atoms with Crippen molar-refractivity contribution in [1.82, 2.24) is 5.32 Å². The molecule has 1 N–H and O–H groups in total. The Hall–Kier alpha value is -0.565. The molecule has 1 aliphatic rings. The van der Waals surface area contributed by atoms with Crippen LogP contribution in [0.25, 0.3) is 0 Å². The molecule has 1 rings (SSSR count). The van der Waals surface area contributed by atoms with Crippen LogP contribution in [0.2, 0.25) is 0 Å². The largest absolute Gasteiger partial charge is 0.496 e. The summed E-state index contributed by atoms with van der Waals surface area (Å²) < 4.78 is 4.90. The molecule has 2 radical (unpaired) electrons. The van der Waals surface area contributed by atoms with E-state index in [-0.39, 0.29) is 5.50 Å². The van der Waals surface area contributed by atoms with Crippen LogP contribution in [0.5, 0.6) is 0 Å². The third kappa shape index (κ3) is 3.22. The van der Waals surface area contributed by atoms with Crippen molar-refractivity contribution in [3.8, 4) is 0 Å². The van der Waals surface area contributed by atoms with Crippen molar-refractivity contribution in [3.05, 3.63) is 23.5 Å². The molecule has 1 heterocycles. The molecule has 12 heavy (non-hydrogen) atoms. The van der Waals surface area contributed by atoms with Crippen molar-refractivity contribution in [1.29, 1.82) is 0 Å². The summed E-state index contributed by atoms with van der Waals surface area (Å²) in [5.74, 6) is 0.622. The number of hydrogen-bond acceptors (Lipinski definition) is 2. The van der Waals surface area contributed by atoms with Crippen molar-refractivity contribution < 1.29 is 4.74 Å². The Bertz CT molecular complexity index is 191. The number of rotatable bonds is 1. The van der Waals surface area contributed by atoms with Gasteiger partial charge in [-0.2, -0.15) is 0 Å². The van der Waals surface area contributed by atoms with E-state index in [4.69, 9.17) is 24.2 Å².